The predicted molar refractivity (Wildman–Crippen MR) is 83.7 cm³/mol. The van der Waals surface area contributed by atoms with Crippen LogP contribution in [0.3, 0.4) is 0 Å². The lowest BCUT2D eigenvalue weighted by molar-refractivity contribution is -0.181. The van der Waals surface area contributed by atoms with Crippen LogP contribution in [0, 0.1) is 5.41 Å². The largest absolute Gasteiger partial charge is 0.394 e. The van der Waals surface area contributed by atoms with Gasteiger partial charge >= 0.3 is 0 Å². The number of nitrogens with one attached hydrogen (secondary N) is 2. The zero-order valence-electron chi connectivity index (χ0n) is 14.0. The maximum atomic E-state index is 12.5. The van der Waals surface area contributed by atoms with Gasteiger partial charge in [0.1, 0.15) is 5.41 Å². The Morgan fingerprint density at radius 1 is 1.39 bits per heavy atom. The molecule has 1 saturated carbocycles. The van der Waals surface area contributed by atoms with E-state index in [-0.39, 0.29) is 30.5 Å². The maximum absolute atomic E-state index is 12.5. The molecule has 0 aromatic carbocycles. The van der Waals surface area contributed by atoms with Gasteiger partial charge in [-0.05, 0) is 39.7 Å². The van der Waals surface area contributed by atoms with Gasteiger partial charge in [-0.2, -0.15) is 0 Å². The Morgan fingerprint density at radius 2 is 2.13 bits per heavy atom. The van der Waals surface area contributed by atoms with Gasteiger partial charge in [-0.15, -0.1) is 0 Å². The highest BCUT2D eigenvalue weighted by Gasteiger charge is 2.53. The minimum Gasteiger partial charge on any atom is -0.394 e. The van der Waals surface area contributed by atoms with E-state index in [2.05, 4.69) is 15.5 Å². The minimum absolute atomic E-state index is 0.0135. The van der Waals surface area contributed by atoms with Crippen molar-refractivity contribution in [1.82, 2.24) is 15.5 Å². The van der Waals surface area contributed by atoms with E-state index < -0.39 is 11.0 Å². The lowest BCUT2D eigenvalue weighted by Gasteiger charge is -2.59. The van der Waals surface area contributed by atoms with Crippen molar-refractivity contribution in [3.05, 3.63) is 0 Å². The summed E-state index contributed by atoms with van der Waals surface area (Å²) in [6, 6.07) is 0. The minimum atomic E-state index is -1.01. The van der Waals surface area contributed by atoms with Crippen molar-refractivity contribution in [2.24, 2.45) is 5.41 Å². The number of hydrogen-bond donors (Lipinski definition) is 3. The number of likely N-dealkylation sites (N-methyl/N-ethyl adjacent to an activating group) is 1. The molecule has 7 nitrogen and oxygen atoms in total. The molecule has 130 valence electrons. The Morgan fingerprint density at radius 3 is 2.65 bits per heavy atom. The Labute approximate surface area is 136 Å². The summed E-state index contributed by atoms with van der Waals surface area (Å²) >= 11 is 0. The second-order valence-electron chi connectivity index (χ2n) is 7.53. The van der Waals surface area contributed by atoms with Gasteiger partial charge in [-0.1, -0.05) is 0 Å². The summed E-state index contributed by atoms with van der Waals surface area (Å²) in [5, 5.41) is 15.6. The third kappa shape index (κ3) is 2.45. The molecule has 2 aliphatic heterocycles. The van der Waals surface area contributed by atoms with Crippen LogP contribution < -0.4 is 10.6 Å². The summed E-state index contributed by atoms with van der Waals surface area (Å²) in [5.74, 6) is -0.501. The number of nitrogens with zero attached hydrogens (tertiary/aromatic N) is 1. The fourth-order valence-corrected chi connectivity index (χ4v) is 3.96. The first-order valence-corrected chi connectivity index (χ1v) is 8.38. The van der Waals surface area contributed by atoms with Crippen LogP contribution in [0.2, 0.25) is 0 Å². The molecule has 2 amide bonds. The van der Waals surface area contributed by atoms with Crippen LogP contribution in [0.1, 0.15) is 32.6 Å². The lowest BCUT2D eigenvalue weighted by atomic mass is 9.72. The van der Waals surface area contributed by atoms with Gasteiger partial charge < -0.3 is 20.5 Å². The van der Waals surface area contributed by atoms with Gasteiger partial charge in [0.15, 0.2) is 0 Å². The molecule has 0 aromatic rings. The summed E-state index contributed by atoms with van der Waals surface area (Å²) in [6.07, 6.45) is 3.78. The molecule has 1 aliphatic carbocycles. The molecule has 2 unspecified atom stereocenters. The first-order valence-electron chi connectivity index (χ1n) is 8.38. The van der Waals surface area contributed by atoms with E-state index in [1.165, 1.54) is 6.42 Å². The van der Waals surface area contributed by atoms with Gasteiger partial charge in [0.05, 0.1) is 25.4 Å². The number of aliphatic hydroxyl groups excluding tert-OH is 1. The Balaban J connectivity index is 1.69. The normalized spacial score (nSPS) is 36.6. The Bertz CT molecular complexity index is 508. The van der Waals surface area contributed by atoms with E-state index in [1.54, 1.807) is 6.92 Å². The van der Waals surface area contributed by atoms with Crippen LogP contribution in [0.4, 0.5) is 0 Å². The van der Waals surface area contributed by atoms with Gasteiger partial charge in [0.25, 0.3) is 0 Å². The van der Waals surface area contributed by atoms with Crippen LogP contribution >= 0.6 is 0 Å². The summed E-state index contributed by atoms with van der Waals surface area (Å²) in [7, 11) is 2.01. The molecule has 3 N–H and O–H groups in total. The fraction of sp³-hybridized carbons (Fsp3) is 0.875. The molecule has 2 heterocycles. The van der Waals surface area contributed by atoms with Crippen LogP contribution in [0.15, 0.2) is 0 Å². The van der Waals surface area contributed by atoms with Crippen LogP contribution in [-0.4, -0.2) is 72.9 Å². The topological polar surface area (TPSA) is 90.9 Å². The fourth-order valence-electron chi connectivity index (χ4n) is 3.96. The SMILES string of the molecule is CN1C2(CCC2)COCC1(CO)CNC(=O)C1(C)CCNC1=O. The predicted octanol–water partition coefficient (Wildman–Crippen LogP) is -0.755. The molecule has 7 heteroatoms. The Kier molecular flexibility index (Phi) is 4.14. The molecule has 3 aliphatic rings. The quantitative estimate of drug-likeness (QED) is 0.592. The number of morpholine rings is 1. The number of amides is 2. The maximum Gasteiger partial charge on any atom is 0.235 e. The second kappa shape index (κ2) is 5.72. The van der Waals surface area contributed by atoms with Gasteiger partial charge in [0.2, 0.25) is 11.8 Å². The Hall–Kier alpha value is -1.18. The molecular formula is C16H27N3O4. The zero-order chi connectivity index (χ0) is 16.7. The highest BCUT2D eigenvalue weighted by atomic mass is 16.5. The third-order valence-electron chi connectivity index (χ3n) is 6.23. The number of hydrogen-bond acceptors (Lipinski definition) is 5. The molecule has 0 radical (unpaired) electrons. The van der Waals surface area contributed by atoms with Crippen LogP contribution in [0.25, 0.3) is 0 Å². The number of aliphatic hydroxyl groups is 1. The molecule has 3 fully saturated rings. The molecule has 3 rings (SSSR count). The zero-order valence-corrected chi connectivity index (χ0v) is 14.0. The van der Waals surface area contributed by atoms with Crippen molar-refractivity contribution in [2.45, 2.75) is 43.7 Å². The number of rotatable bonds is 4. The van der Waals surface area contributed by atoms with Gasteiger partial charge in [0, 0.05) is 18.6 Å². The number of carbonyl (C=O) groups excluding carboxylic acids is 2. The average molecular weight is 325 g/mol. The monoisotopic (exact) mass is 325 g/mol. The van der Waals surface area contributed by atoms with Crippen molar-refractivity contribution in [3.63, 3.8) is 0 Å². The van der Waals surface area contributed by atoms with E-state index in [1.807, 2.05) is 7.05 Å². The molecular weight excluding hydrogens is 298 g/mol. The molecule has 0 bridgehead atoms. The highest BCUT2D eigenvalue weighted by molar-refractivity contribution is 6.05. The number of carbonyl (C=O) groups is 2. The van der Waals surface area contributed by atoms with E-state index >= 15 is 0 Å². The van der Waals surface area contributed by atoms with Crippen molar-refractivity contribution in [2.75, 3.05) is 40.0 Å². The molecule has 2 saturated heterocycles. The lowest BCUT2D eigenvalue weighted by Crippen LogP contribution is -2.73. The standard InChI is InChI=1S/C16H27N3O4/c1-14(6-7-17-12(14)21)13(22)18-8-16(9-20)11-23-10-15(19(16)2)4-3-5-15/h20H,3-11H2,1-2H3,(H,17,21)(H,18,22). The molecule has 2 atom stereocenters. The summed E-state index contributed by atoms with van der Waals surface area (Å²) in [6.45, 7) is 3.45. The highest BCUT2D eigenvalue weighted by Crippen LogP contribution is 2.43. The molecule has 23 heavy (non-hydrogen) atoms. The second-order valence-corrected chi connectivity index (χ2v) is 7.53. The van der Waals surface area contributed by atoms with Crippen molar-refractivity contribution in [1.29, 1.82) is 0 Å². The summed E-state index contributed by atoms with van der Waals surface area (Å²) < 4.78 is 5.78. The van der Waals surface area contributed by atoms with E-state index in [9.17, 15) is 14.7 Å². The first-order chi connectivity index (χ1) is 10.9. The van der Waals surface area contributed by atoms with Gasteiger partial charge in [-0.3, -0.25) is 14.5 Å². The van der Waals surface area contributed by atoms with Crippen LogP contribution in [-0.2, 0) is 14.3 Å². The molecule has 1 spiro atoms. The van der Waals surface area contributed by atoms with Crippen molar-refractivity contribution >= 4 is 11.8 Å². The van der Waals surface area contributed by atoms with E-state index in [0.717, 1.165) is 12.8 Å². The smallest absolute Gasteiger partial charge is 0.235 e. The van der Waals surface area contributed by atoms with Gasteiger partial charge in [-0.25, -0.2) is 0 Å². The van der Waals surface area contributed by atoms with Crippen molar-refractivity contribution in [3.8, 4) is 0 Å². The average Bonchev–Trinajstić information content (AvgIpc) is 2.85. The van der Waals surface area contributed by atoms with Crippen LogP contribution in [0.5, 0.6) is 0 Å². The summed E-state index contributed by atoms with van der Waals surface area (Å²) in [4.78, 5) is 26.6. The van der Waals surface area contributed by atoms with Crippen molar-refractivity contribution < 1.29 is 19.4 Å². The molecule has 0 aromatic heterocycles. The third-order valence-corrected chi connectivity index (χ3v) is 6.23. The van der Waals surface area contributed by atoms with E-state index in [0.29, 0.717) is 26.2 Å². The number of ether oxygens (including phenoxy) is 1. The van der Waals surface area contributed by atoms with E-state index in [4.69, 9.17) is 4.74 Å². The summed E-state index contributed by atoms with van der Waals surface area (Å²) in [5.41, 5.74) is -1.65. The first kappa shape index (κ1) is 16.7.